The van der Waals surface area contributed by atoms with Gasteiger partial charge in [-0.3, -0.25) is 4.79 Å². The Morgan fingerprint density at radius 1 is 1.24 bits per heavy atom. The molecule has 6 heteroatoms. The molecule has 1 amide bonds. The second-order valence-corrected chi connectivity index (χ2v) is 7.19. The zero-order valence-electron chi connectivity index (χ0n) is 14.7. The number of carbonyl (C=O) groups excluding carboxylic acids is 1. The molecule has 1 aliphatic carbocycles. The van der Waals surface area contributed by atoms with Crippen molar-refractivity contribution in [1.82, 2.24) is 10.3 Å². The molecule has 5 nitrogen and oxygen atoms in total. The molecule has 3 rings (SSSR count). The molecule has 0 unspecified atom stereocenters. The van der Waals surface area contributed by atoms with Gasteiger partial charge in [0.2, 0.25) is 5.91 Å². The van der Waals surface area contributed by atoms with Gasteiger partial charge in [-0.25, -0.2) is 4.98 Å². The summed E-state index contributed by atoms with van der Waals surface area (Å²) in [5.74, 6) is 1.85. The first-order chi connectivity index (χ1) is 12.2. The Labute approximate surface area is 152 Å². The molecule has 1 aromatic carbocycles. The van der Waals surface area contributed by atoms with E-state index in [2.05, 4.69) is 10.3 Å². The predicted molar refractivity (Wildman–Crippen MR) is 99.1 cm³/mol. The van der Waals surface area contributed by atoms with Crippen molar-refractivity contribution in [3.8, 4) is 22.8 Å². The Morgan fingerprint density at radius 2 is 2.04 bits per heavy atom. The fourth-order valence-corrected chi connectivity index (χ4v) is 3.94. The lowest BCUT2D eigenvalue weighted by atomic mass is 9.89. The van der Waals surface area contributed by atoms with Crippen LogP contribution in [0, 0.1) is 5.92 Å². The number of ether oxygens (including phenoxy) is 2. The quantitative estimate of drug-likeness (QED) is 0.845. The second kappa shape index (κ2) is 8.34. The van der Waals surface area contributed by atoms with Gasteiger partial charge in [0, 0.05) is 16.9 Å². The van der Waals surface area contributed by atoms with Crippen molar-refractivity contribution in [1.29, 1.82) is 0 Å². The molecule has 0 atom stereocenters. The number of hydrogen-bond acceptors (Lipinski definition) is 5. The molecule has 0 aliphatic heterocycles. The van der Waals surface area contributed by atoms with Gasteiger partial charge in [0.15, 0.2) is 0 Å². The summed E-state index contributed by atoms with van der Waals surface area (Å²) >= 11 is 1.54. The summed E-state index contributed by atoms with van der Waals surface area (Å²) in [6.07, 6.45) is 5.60. The molecule has 1 aromatic heterocycles. The van der Waals surface area contributed by atoms with Crippen molar-refractivity contribution in [3.05, 3.63) is 28.6 Å². The Morgan fingerprint density at radius 3 is 2.76 bits per heavy atom. The van der Waals surface area contributed by atoms with Crippen LogP contribution in [0.1, 0.15) is 37.1 Å². The number of aromatic nitrogens is 1. The molecule has 25 heavy (non-hydrogen) atoms. The number of hydrogen-bond donors (Lipinski definition) is 1. The lowest BCUT2D eigenvalue weighted by molar-refractivity contribution is -0.126. The first-order valence-corrected chi connectivity index (χ1v) is 9.53. The summed E-state index contributed by atoms with van der Waals surface area (Å²) < 4.78 is 10.7. The van der Waals surface area contributed by atoms with Gasteiger partial charge in [-0.05, 0) is 31.0 Å². The smallest absolute Gasteiger partial charge is 0.223 e. The summed E-state index contributed by atoms with van der Waals surface area (Å²) in [7, 11) is 3.28. The van der Waals surface area contributed by atoms with Crippen LogP contribution < -0.4 is 14.8 Å². The molecule has 1 N–H and O–H groups in total. The molecule has 134 valence electrons. The fraction of sp³-hybridized carbons (Fsp3) is 0.474. The molecule has 1 saturated carbocycles. The Balaban J connectivity index is 1.67. The van der Waals surface area contributed by atoms with Crippen molar-refractivity contribution in [3.63, 3.8) is 0 Å². The Bertz CT molecular complexity index is 723. The first-order valence-electron chi connectivity index (χ1n) is 8.65. The van der Waals surface area contributed by atoms with Gasteiger partial charge >= 0.3 is 0 Å². The highest BCUT2D eigenvalue weighted by Gasteiger charge is 2.21. The number of methoxy groups -OCH3 is 2. The molecule has 0 radical (unpaired) electrons. The van der Waals surface area contributed by atoms with Gasteiger partial charge in [-0.15, -0.1) is 11.3 Å². The highest BCUT2D eigenvalue weighted by Crippen LogP contribution is 2.34. The minimum absolute atomic E-state index is 0.162. The molecule has 0 saturated heterocycles. The van der Waals surface area contributed by atoms with Crippen LogP contribution in [0.5, 0.6) is 11.5 Å². The highest BCUT2D eigenvalue weighted by atomic mass is 32.1. The topological polar surface area (TPSA) is 60.5 Å². The summed E-state index contributed by atoms with van der Waals surface area (Å²) in [6, 6.07) is 5.65. The SMILES string of the molecule is COc1ccc(OC)c(-c2csc(CNC(=O)C3CCCCC3)n2)c1. The van der Waals surface area contributed by atoms with E-state index in [9.17, 15) is 4.79 Å². The third-order valence-electron chi connectivity index (χ3n) is 4.62. The van der Waals surface area contributed by atoms with Gasteiger partial charge in [-0.1, -0.05) is 19.3 Å². The standard InChI is InChI=1S/C19H24N2O3S/c1-23-14-8-9-17(24-2)15(10-14)16-12-25-18(21-16)11-20-19(22)13-6-4-3-5-7-13/h8-10,12-13H,3-7,11H2,1-2H3,(H,20,22). The maximum atomic E-state index is 12.3. The normalized spacial score (nSPS) is 15.0. The van der Waals surface area contributed by atoms with Crippen molar-refractivity contribution in [2.75, 3.05) is 14.2 Å². The summed E-state index contributed by atoms with van der Waals surface area (Å²) in [4.78, 5) is 16.9. The lowest BCUT2D eigenvalue weighted by Gasteiger charge is -2.20. The van der Waals surface area contributed by atoms with E-state index in [1.165, 1.54) is 6.42 Å². The monoisotopic (exact) mass is 360 g/mol. The van der Waals surface area contributed by atoms with Crippen molar-refractivity contribution in [2.24, 2.45) is 5.92 Å². The summed E-state index contributed by atoms with van der Waals surface area (Å²) in [5.41, 5.74) is 1.73. The number of nitrogens with one attached hydrogen (secondary N) is 1. The highest BCUT2D eigenvalue weighted by molar-refractivity contribution is 7.09. The Hall–Kier alpha value is -2.08. The maximum Gasteiger partial charge on any atom is 0.223 e. The fourth-order valence-electron chi connectivity index (χ4n) is 3.20. The van der Waals surface area contributed by atoms with Crippen LogP contribution in [0.3, 0.4) is 0 Å². The zero-order valence-corrected chi connectivity index (χ0v) is 15.5. The van der Waals surface area contributed by atoms with Crippen molar-refractivity contribution in [2.45, 2.75) is 38.6 Å². The van der Waals surface area contributed by atoms with E-state index in [4.69, 9.17) is 9.47 Å². The van der Waals surface area contributed by atoms with E-state index in [1.54, 1.807) is 25.6 Å². The largest absolute Gasteiger partial charge is 0.497 e. The Kier molecular flexibility index (Phi) is 5.91. The number of thiazole rings is 1. The minimum atomic E-state index is 0.162. The van der Waals surface area contributed by atoms with Crippen LogP contribution in [-0.2, 0) is 11.3 Å². The third-order valence-corrected chi connectivity index (χ3v) is 5.47. The number of amides is 1. The van der Waals surface area contributed by atoms with E-state index in [1.807, 2.05) is 23.6 Å². The van der Waals surface area contributed by atoms with Crippen LogP contribution in [0.4, 0.5) is 0 Å². The first kappa shape index (κ1) is 17.7. The van der Waals surface area contributed by atoms with Crippen LogP contribution in [0.2, 0.25) is 0 Å². The average molecular weight is 360 g/mol. The third kappa shape index (κ3) is 4.31. The van der Waals surface area contributed by atoms with E-state index < -0.39 is 0 Å². The van der Waals surface area contributed by atoms with Crippen LogP contribution in [0.15, 0.2) is 23.6 Å². The van der Waals surface area contributed by atoms with E-state index in [-0.39, 0.29) is 11.8 Å². The number of benzene rings is 1. The van der Waals surface area contributed by atoms with E-state index in [0.717, 1.165) is 53.4 Å². The maximum absolute atomic E-state index is 12.3. The molecule has 0 spiro atoms. The van der Waals surface area contributed by atoms with Gasteiger partial charge in [0.1, 0.15) is 16.5 Å². The average Bonchev–Trinajstić information content (AvgIpc) is 3.15. The molecule has 1 aliphatic rings. The van der Waals surface area contributed by atoms with E-state index in [0.29, 0.717) is 6.54 Å². The predicted octanol–water partition coefficient (Wildman–Crippen LogP) is 4.02. The van der Waals surface area contributed by atoms with Crippen LogP contribution >= 0.6 is 11.3 Å². The number of carbonyl (C=O) groups is 1. The summed E-state index contributed by atoms with van der Waals surface area (Å²) in [5, 5.41) is 5.92. The molecular formula is C19H24N2O3S. The minimum Gasteiger partial charge on any atom is -0.497 e. The number of nitrogens with zero attached hydrogens (tertiary/aromatic N) is 1. The zero-order chi connectivity index (χ0) is 17.6. The van der Waals surface area contributed by atoms with Gasteiger partial charge in [0.25, 0.3) is 0 Å². The van der Waals surface area contributed by atoms with E-state index >= 15 is 0 Å². The van der Waals surface area contributed by atoms with Crippen molar-refractivity contribution >= 4 is 17.2 Å². The number of rotatable bonds is 6. The molecular weight excluding hydrogens is 336 g/mol. The van der Waals surface area contributed by atoms with Gasteiger partial charge < -0.3 is 14.8 Å². The molecule has 0 bridgehead atoms. The summed E-state index contributed by atoms with van der Waals surface area (Å²) in [6.45, 7) is 0.478. The van der Waals surface area contributed by atoms with Crippen LogP contribution in [-0.4, -0.2) is 25.1 Å². The van der Waals surface area contributed by atoms with Gasteiger partial charge in [-0.2, -0.15) is 0 Å². The van der Waals surface area contributed by atoms with Crippen LogP contribution in [0.25, 0.3) is 11.3 Å². The van der Waals surface area contributed by atoms with Crippen molar-refractivity contribution < 1.29 is 14.3 Å². The van der Waals surface area contributed by atoms with Gasteiger partial charge in [0.05, 0.1) is 26.5 Å². The molecule has 2 aromatic rings. The molecule has 1 fully saturated rings. The molecule has 1 heterocycles. The lowest BCUT2D eigenvalue weighted by Crippen LogP contribution is -2.31. The second-order valence-electron chi connectivity index (χ2n) is 6.25.